The van der Waals surface area contributed by atoms with Crippen LogP contribution in [0.1, 0.15) is 47.0 Å². The first-order valence-electron chi connectivity index (χ1n) is 7.03. The van der Waals surface area contributed by atoms with Crippen LogP contribution in [-0.2, 0) is 4.79 Å². The lowest BCUT2D eigenvalue weighted by Gasteiger charge is -2.26. The second-order valence-electron chi connectivity index (χ2n) is 5.85. The number of hydrogen-bond acceptors (Lipinski definition) is 2. The molecule has 1 aliphatic heterocycles. The van der Waals surface area contributed by atoms with Gasteiger partial charge in [0, 0.05) is 18.5 Å². The Morgan fingerprint density at radius 1 is 1.18 bits per heavy atom. The Bertz CT molecular complexity index is 232. The molecule has 1 saturated heterocycles. The number of nitrogens with zero attached hydrogens (tertiary/aromatic N) is 1. The molecule has 0 spiro atoms. The Morgan fingerprint density at radius 3 is 2.24 bits per heavy atom. The van der Waals surface area contributed by atoms with Gasteiger partial charge in [-0.05, 0) is 38.3 Å². The van der Waals surface area contributed by atoms with Crippen LogP contribution in [0.25, 0.3) is 0 Å². The monoisotopic (exact) mass is 240 g/mol. The highest BCUT2D eigenvalue weighted by molar-refractivity contribution is 5.78. The molecule has 3 nitrogen and oxygen atoms in total. The zero-order valence-electron chi connectivity index (χ0n) is 11.8. The molecule has 0 aromatic heterocycles. The van der Waals surface area contributed by atoms with Gasteiger partial charge in [0.25, 0.3) is 0 Å². The Labute approximate surface area is 106 Å². The summed E-state index contributed by atoms with van der Waals surface area (Å²) in [7, 11) is 0. The number of amides is 1. The SMILES string of the molecule is CC(C)C(=O)N[C@@H](CCN1CCCC1)C(C)C. The minimum atomic E-state index is 0.0861. The van der Waals surface area contributed by atoms with Crippen molar-refractivity contribution < 1.29 is 4.79 Å². The van der Waals surface area contributed by atoms with Gasteiger partial charge in [0.05, 0.1) is 0 Å². The van der Waals surface area contributed by atoms with Crippen LogP contribution < -0.4 is 5.32 Å². The lowest BCUT2D eigenvalue weighted by atomic mass is 9.99. The van der Waals surface area contributed by atoms with Crippen molar-refractivity contribution >= 4 is 5.91 Å². The first kappa shape index (κ1) is 14.5. The summed E-state index contributed by atoms with van der Waals surface area (Å²) in [5, 5.41) is 3.17. The number of carbonyl (C=O) groups is 1. The number of rotatable bonds is 6. The summed E-state index contributed by atoms with van der Waals surface area (Å²) in [5.41, 5.74) is 0. The van der Waals surface area contributed by atoms with Crippen molar-refractivity contribution in [1.29, 1.82) is 0 Å². The van der Waals surface area contributed by atoms with Crippen LogP contribution in [0, 0.1) is 11.8 Å². The lowest BCUT2D eigenvalue weighted by Crippen LogP contribution is -2.42. The van der Waals surface area contributed by atoms with E-state index in [1.807, 2.05) is 13.8 Å². The van der Waals surface area contributed by atoms with Crippen LogP contribution >= 0.6 is 0 Å². The second-order valence-corrected chi connectivity index (χ2v) is 5.85. The molecular formula is C14H28N2O. The molecule has 0 aromatic carbocycles. The van der Waals surface area contributed by atoms with Crippen LogP contribution in [-0.4, -0.2) is 36.5 Å². The largest absolute Gasteiger partial charge is 0.353 e. The standard InChI is InChI=1S/C14H28N2O/c1-11(2)13(15-14(17)12(3)4)7-10-16-8-5-6-9-16/h11-13H,5-10H2,1-4H3,(H,15,17)/t13-/m0/s1. The van der Waals surface area contributed by atoms with E-state index in [0.717, 1.165) is 13.0 Å². The zero-order chi connectivity index (χ0) is 12.8. The van der Waals surface area contributed by atoms with E-state index in [-0.39, 0.29) is 11.8 Å². The summed E-state index contributed by atoms with van der Waals surface area (Å²) in [4.78, 5) is 14.2. The van der Waals surface area contributed by atoms with Crippen LogP contribution in [0.3, 0.4) is 0 Å². The van der Waals surface area contributed by atoms with Crippen molar-refractivity contribution in [2.24, 2.45) is 11.8 Å². The molecule has 0 saturated carbocycles. The number of hydrogen-bond donors (Lipinski definition) is 1. The minimum absolute atomic E-state index is 0.0861. The lowest BCUT2D eigenvalue weighted by molar-refractivity contribution is -0.125. The molecule has 1 heterocycles. The fourth-order valence-electron chi connectivity index (χ4n) is 2.25. The topological polar surface area (TPSA) is 32.3 Å². The van der Waals surface area contributed by atoms with E-state index in [9.17, 15) is 4.79 Å². The molecule has 1 atom stereocenters. The molecular weight excluding hydrogens is 212 g/mol. The minimum Gasteiger partial charge on any atom is -0.353 e. The smallest absolute Gasteiger partial charge is 0.222 e. The van der Waals surface area contributed by atoms with E-state index in [1.54, 1.807) is 0 Å². The van der Waals surface area contributed by atoms with Crippen LogP contribution in [0.15, 0.2) is 0 Å². The summed E-state index contributed by atoms with van der Waals surface area (Å²) in [6, 6.07) is 0.325. The van der Waals surface area contributed by atoms with Crippen molar-refractivity contribution in [2.45, 2.75) is 53.0 Å². The summed E-state index contributed by atoms with van der Waals surface area (Å²) in [5.74, 6) is 0.786. The molecule has 1 aliphatic rings. The first-order chi connectivity index (χ1) is 8.00. The predicted octanol–water partition coefficient (Wildman–Crippen LogP) is 2.27. The van der Waals surface area contributed by atoms with Crippen LogP contribution in [0.5, 0.6) is 0 Å². The molecule has 1 N–H and O–H groups in total. The van der Waals surface area contributed by atoms with Gasteiger partial charge in [-0.3, -0.25) is 4.79 Å². The quantitative estimate of drug-likeness (QED) is 0.772. The van der Waals surface area contributed by atoms with Gasteiger partial charge in [-0.15, -0.1) is 0 Å². The number of nitrogens with one attached hydrogen (secondary N) is 1. The van der Waals surface area contributed by atoms with Gasteiger partial charge in [-0.2, -0.15) is 0 Å². The van der Waals surface area contributed by atoms with E-state index in [0.29, 0.717) is 12.0 Å². The maximum atomic E-state index is 11.7. The van der Waals surface area contributed by atoms with Crippen molar-refractivity contribution in [2.75, 3.05) is 19.6 Å². The summed E-state index contributed by atoms with van der Waals surface area (Å²) < 4.78 is 0. The Hall–Kier alpha value is -0.570. The van der Waals surface area contributed by atoms with Crippen molar-refractivity contribution in [1.82, 2.24) is 10.2 Å². The van der Waals surface area contributed by atoms with E-state index in [1.165, 1.54) is 25.9 Å². The highest BCUT2D eigenvalue weighted by Gasteiger charge is 2.20. The average molecular weight is 240 g/mol. The van der Waals surface area contributed by atoms with E-state index in [2.05, 4.69) is 24.1 Å². The van der Waals surface area contributed by atoms with Crippen LogP contribution in [0.2, 0.25) is 0 Å². The van der Waals surface area contributed by atoms with E-state index in [4.69, 9.17) is 0 Å². The molecule has 0 unspecified atom stereocenters. The number of carbonyl (C=O) groups excluding carboxylic acids is 1. The summed E-state index contributed by atoms with van der Waals surface area (Å²) in [6.45, 7) is 11.9. The fourth-order valence-corrected chi connectivity index (χ4v) is 2.25. The van der Waals surface area contributed by atoms with E-state index >= 15 is 0 Å². The maximum Gasteiger partial charge on any atom is 0.222 e. The Morgan fingerprint density at radius 2 is 1.76 bits per heavy atom. The third kappa shape index (κ3) is 5.07. The molecule has 0 bridgehead atoms. The van der Waals surface area contributed by atoms with Gasteiger partial charge < -0.3 is 10.2 Å². The summed E-state index contributed by atoms with van der Waals surface area (Å²) in [6.07, 6.45) is 3.76. The van der Waals surface area contributed by atoms with Gasteiger partial charge in [0.15, 0.2) is 0 Å². The van der Waals surface area contributed by atoms with Gasteiger partial charge in [-0.25, -0.2) is 0 Å². The maximum absolute atomic E-state index is 11.7. The normalized spacial score (nSPS) is 18.9. The fraction of sp³-hybridized carbons (Fsp3) is 0.929. The van der Waals surface area contributed by atoms with Gasteiger partial charge >= 0.3 is 0 Å². The highest BCUT2D eigenvalue weighted by Crippen LogP contribution is 2.12. The molecule has 0 radical (unpaired) electrons. The van der Waals surface area contributed by atoms with Crippen molar-refractivity contribution in [3.8, 4) is 0 Å². The van der Waals surface area contributed by atoms with Gasteiger partial charge in [0.1, 0.15) is 0 Å². The van der Waals surface area contributed by atoms with Gasteiger partial charge in [-0.1, -0.05) is 27.7 Å². The first-order valence-corrected chi connectivity index (χ1v) is 7.03. The highest BCUT2D eigenvalue weighted by atomic mass is 16.1. The Kier molecular flexibility index (Phi) is 5.96. The van der Waals surface area contributed by atoms with Crippen molar-refractivity contribution in [3.63, 3.8) is 0 Å². The molecule has 1 fully saturated rings. The molecule has 1 rings (SSSR count). The summed E-state index contributed by atoms with van der Waals surface area (Å²) >= 11 is 0. The molecule has 100 valence electrons. The van der Waals surface area contributed by atoms with Crippen molar-refractivity contribution in [3.05, 3.63) is 0 Å². The van der Waals surface area contributed by atoms with Crippen LogP contribution in [0.4, 0.5) is 0 Å². The van der Waals surface area contributed by atoms with Gasteiger partial charge in [0.2, 0.25) is 5.91 Å². The average Bonchev–Trinajstić information content (AvgIpc) is 2.75. The molecule has 0 aliphatic carbocycles. The Balaban J connectivity index is 2.34. The number of likely N-dealkylation sites (tertiary alicyclic amines) is 1. The predicted molar refractivity (Wildman–Crippen MR) is 71.9 cm³/mol. The zero-order valence-corrected chi connectivity index (χ0v) is 11.8. The third-order valence-corrected chi connectivity index (χ3v) is 3.61. The molecule has 17 heavy (non-hydrogen) atoms. The third-order valence-electron chi connectivity index (χ3n) is 3.61. The van der Waals surface area contributed by atoms with E-state index < -0.39 is 0 Å². The molecule has 3 heteroatoms. The molecule has 0 aromatic rings. The molecule has 1 amide bonds. The second kappa shape index (κ2) is 7.00.